The largest absolute Gasteiger partial charge is 0.309 e. The van der Waals surface area contributed by atoms with Gasteiger partial charge in [0, 0.05) is 43.6 Å². The molecule has 6 heteroatoms. The van der Waals surface area contributed by atoms with E-state index in [1.807, 2.05) is 65.2 Å². The van der Waals surface area contributed by atoms with Crippen LogP contribution in [0.3, 0.4) is 0 Å². The SMILES string of the molecule is N#Cc1cc(-n2c3ccccc3c3c(C#N)cccc32)c(C#N)cc1-c1ccc(-n2c3ccccc3c3c(-n4c5ccccc5c5ccccc54)cccc32)cc1. The van der Waals surface area contributed by atoms with E-state index >= 15 is 0 Å². The van der Waals surface area contributed by atoms with E-state index in [1.54, 1.807) is 6.07 Å². The van der Waals surface area contributed by atoms with Crippen molar-refractivity contribution >= 4 is 65.4 Å². The molecular formula is C51H28N6. The van der Waals surface area contributed by atoms with Gasteiger partial charge in [0.1, 0.15) is 6.07 Å². The fourth-order valence-electron chi connectivity index (χ4n) is 9.00. The third kappa shape index (κ3) is 4.55. The van der Waals surface area contributed by atoms with Crippen LogP contribution < -0.4 is 0 Å². The summed E-state index contributed by atoms with van der Waals surface area (Å²) in [6.45, 7) is 0. The molecule has 3 aromatic heterocycles. The Labute approximate surface area is 326 Å². The number of rotatable bonds is 4. The van der Waals surface area contributed by atoms with Crippen molar-refractivity contribution in [3.63, 3.8) is 0 Å². The zero-order valence-corrected chi connectivity index (χ0v) is 30.3. The van der Waals surface area contributed by atoms with Crippen LogP contribution in [0.25, 0.3) is 93.6 Å². The third-order valence-corrected chi connectivity index (χ3v) is 11.4. The van der Waals surface area contributed by atoms with Gasteiger partial charge in [-0.05, 0) is 78.4 Å². The van der Waals surface area contributed by atoms with Gasteiger partial charge >= 0.3 is 0 Å². The summed E-state index contributed by atoms with van der Waals surface area (Å²) in [5.74, 6) is 0. The summed E-state index contributed by atoms with van der Waals surface area (Å²) in [5, 5.41) is 37.6. The normalized spacial score (nSPS) is 11.5. The van der Waals surface area contributed by atoms with Crippen molar-refractivity contribution < 1.29 is 0 Å². The van der Waals surface area contributed by atoms with Crippen LogP contribution in [0.2, 0.25) is 0 Å². The maximum atomic E-state index is 10.6. The lowest BCUT2D eigenvalue weighted by molar-refractivity contribution is 1.16. The van der Waals surface area contributed by atoms with Crippen molar-refractivity contribution in [1.29, 1.82) is 15.8 Å². The smallest absolute Gasteiger partial charge is 0.101 e. The molecule has 6 nitrogen and oxygen atoms in total. The summed E-state index contributed by atoms with van der Waals surface area (Å²) in [4.78, 5) is 0. The van der Waals surface area contributed by atoms with Crippen molar-refractivity contribution in [2.75, 3.05) is 0 Å². The van der Waals surface area contributed by atoms with Crippen molar-refractivity contribution in [1.82, 2.24) is 13.7 Å². The molecule has 0 unspecified atom stereocenters. The van der Waals surface area contributed by atoms with Gasteiger partial charge in [-0.15, -0.1) is 0 Å². The van der Waals surface area contributed by atoms with Crippen LogP contribution in [0.5, 0.6) is 0 Å². The molecule has 0 radical (unpaired) electrons. The van der Waals surface area contributed by atoms with Crippen molar-refractivity contribution in [2.24, 2.45) is 0 Å². The van der Waals surface area contributed by atoms with E-state index in [4.69, 9.17) is 0 Å². The van der Waals surface area contributed by atoms with Gasteiger partial charge in [-0.2, -0.15) is 15.8 Å². The average Bonchev–Trinajstić information content (AvgIpc) is 3.92. The molecule has 0 saturated heterocycles. The van der Waals surface area contributed by atoms with E-state index in [0.29, 0.717) is 27.9 Å². The minimum absolute atomic E-state index is 0.429. The highest BCUT2D eigenvalue weighted by atomic mass is 15.0. The van der Waals surface area contributed by atoms with Gasteiger partial charge < -0.3 is 13.7 Å². The van der Waals surface area contributed by atoms with Gasteiger partial charge in [0.25, 0.3) is 0 Å². The summed E-state index contributed by atoms with van der Waals surface area (Å²) in [6, 6.07) is 64.7. The van der Waals surface area contributed by atoms with Crippen LogP contribution in [-0.2, 0) is 0 Å². The Bertz CT molecular complexity index is 3560. The molecule has 0 saturated carbocycles. The molecule has 0 aliphatic heterocycles. The Morgan fingerprint density at radius 2 is 0.807 bits per heavy atom. The third-order valence-electron chi connectivity index (χ3n) is 11.4. The highest BCUT2D eigenvalue weighted by Gasteiger charge is 2.22. The zero-order chi connectivity index (χ0) is 38.2. The first-order chi connectivity index (χ1) is 28.2. The quantitative estimate of drug-likeness (QED) is 0.181. The summed E-state index contributed by atoms with van der Waals surface area (Å²) in [5.41, 5.74) is 11.8. The Morgan fingerprint density at radius 3 is 1.42 bits per heavy atom. The van der Waals surface area contributed by atoms with Crippen LogP contribution in [0.4, 0.5) is 0 Å². The molecular weight excluding hydrogens is 697 g/mol. The van der Waals surface area contributed by atoms with Gasteiger partial charge in [0.05, 0.1) is 73.3 Å². The number of nitrogens with zero attached hydrogens (tertiary/aromatic N) is 6. The van der Waals surface area contributed by atoms with E-state index in [2.05, 4.69) is 130 Å². The van der Waals surface area contributed by atoms with Gasteiger partial charge in [0.2, 0.25) is 0 Å². The van der Waals surface area contributed by atoms with Crippen molar-refractivity contribution in [2.45, 2.75) is 0 Å². The molecule has 0 spiro atoms. The molecule has 0 amide bonds. The van der Waals surface area contributed by atoms with E-state index in [0.717, 1.165) is 71.6 Å². The number of benzene rings is 8. The first-order valence-electron chi connectivity index (χ1n) is 18.7. The van der Waals surface area contributed by atoms with Crippen LogP contribution in [-0.4, -0.2) is 13.7 Å². The van der Waals surface area contributed by atoms with E-state index in [9.17, 15) is 15.8 Å². The number of hydrogen-bond acceptors (Lipinski definition) is 3. The Balaban J connectivity index is 1.08. The fourth-order valence-corrected chi connectivity index (χ4v) is 9.00. The van der Waals surface area contributed by atoms with Crippen LogP contribution >= 0.6 is 0 Å². The van der Waals surface area contributed by atoms with Crippen molar-refractivity contribution in [3.05, 3.63) is 187 Å². The molecule has 0 fully saturated rings. The van der Waals surface area contributed by atoms with Crippen LogP contribution in [0.1, 0.15) is 16.7 Å². The van der Waals surface area contributed by atoms with E-state index in [1.165, 1.54) is 10.8 Å². The second-order valence-electron chi connectivity index (χ2n) is 14.2. The predicted octanol–water partition coefficient (Wildman–Crippen LogP) is 12.3. The predicted molar refractivity (Wildman–Crippen MR) is 229 cm³/mol. The standard InChI is InChI=1S/C51H28N6/c52-29-33-11-9-20-46-50(33)39-14-3-8-19-45(39)57(46)49-28-34(30-53)41(27-35(49)31-54)32-23-25-36(26-24-32)55-44-18-7-4-15-40(44)51-47(55)21-10-22-48(51)56-42-16-5-1-12-37(42)38-13-2-6-17-43(38)56/h1-28H. The van der Waals surface area contributed by atoms with Crippen molar-refractivity contribution in [3.8, 4) is 46.4 Å². The average molecular weight is 725 g/mol. The molecule has 0 atom stereocenters. The molecule has 11 rings (SSSR count). The summed E-state index contributed by atoms with van der Waals surface area (Å²) < 4.78 is 6.68. The first-order valence-corrected chi connectivity index (χ1v) is 18.7. The zero-order valence-electron chi connectivity index (χ0n) is 30.3. The number of para-hydroxylation sites is 4. The highest BCUT2D eigenvalue weighted by Crippen LogP contribution is 2.41. The Morgan fingerprint density at radius 1 is 0.333 bits per heavy atom. The first kappa shape index (κ1) is 32.1. The maximum absolute atomic E-state index is 10.6. The molecule has 8 aromatic carbocycles. The molecule has 57 heavy (non-hydrogen) atoms. The van der Waals surface area contributed by atoms with Gasteiger partial charge in [-0.3, -0.25) is 0 Å². The lowest BCUT2D eigenvalue weighted by atomic mass is 9.96. The second kappa shape index (κ2) is 12.3. The number of hydrogen-bond donors (Lipinski definition) is 0. The van der Waals surface area contributed by atoms with Gasteiger partial charge in [0.15, 0.2) is 0 Å². The highest BCUT2D eigenvalue weighted by molar-refractivity contribution is 6.16. The maximum Gasteiger partial charge on any atom is 0.101 e. The minimum atomic E-state index is 0.429. The molecule has 11 aromatic rings. The lowest BCUT2D eigenvalue weighted by Gasteiger charge is -2.14. The van der Waals surface area contributed by atoms with Crippen LogP contribution in [0, 0.1) is 34.0 Å². The summed E-state index contributed by atoms with van der Waals surface area (Å²) in [7, 11) is 0. The van der Waals surface area contributed by atoms with E-state index < -0.39 is 0 Å². The Kier molecular flexibility index (Phi) is 6.95. The van der Waals surface area contributed by atoms with Gasteiger partial charge in [-0.1, -0.05) is 97.1 Å². The molecule has 0 aliphatic rings. The number of nitriles is 3. The molecule has 0 N–H and O–H groups in total. The van der Waals surface area contributed by atoms with E-state index in [-0.39, 0.29) is 0 Å². The summed E-state index contributed by atoms with van der Waals surface area (Å²) >= 11 is 0. The number of fused-ring (bicyclic) bond motifs is 9. The lowest BCUT2D eigenvalue weighted by Crippen LogP contribution is -2.00. The number of aromatic nitrogens is 3. The van der Waals surface area contributed by atoms with Gasteiger partial charge in [-0.25, -0.2) is 0 Å². The fraction of sp³-hybridized carbons (Fsp3) is 0. The topological polar surface area (TPSA) is 86.2 Å². The monoisotopic (exact) mass is 724 g/mol. The molecule has 0 aliphatic carbocycles. The molecule has 3 heterocycles. The second-order valence-corrected chi connectivity index (χ2v) is 14.2. The molecule has 0 bridgehead atoms. The van der Waals surface area contributed by atoms with Crippen LogP contribution in [0.15, 0.2) is 170 Å². The molecule has 262 valence electrons. The minimum Gasteiger partial charge on any atom is -0.309 e. The summed E-state index contributed by atoms with van der Waals surface area (Å²) in [6.07, 6.45) is 0. The Hall–Kier alpha value is -8.37.